The van der Waals surface area contributed by atoms with Gasteiger partial charge in [0.15, 0.2) is 0 Å². The molecule has 1 saturated heterocycles. The van der Waals surface area contributed by atoms with Gasteiger partial charge in [0, 0.05) is 0 Å². The summed E-state index contributed by atoms with van der Waals surface area (Å²) in [7, 11) is 0. The topological polar surface area (TPSA) is 0 Å². The molecule has 1 fully saturated rings. The molecule has 1 aliphatic rings. The number of likely N-dealkylation sites (tertiary alicyclic amines) is 1. The van der Waals surface area contributed by atoms with Gasteiger partial charge in [0.25, 0.3) is 0 Å². The molecule has 0 aromatic heterocycles. The smallest absolute Gasteiger partial charge is 0.222 e. The first-order chi connectivity index (χ1) is 5.33. The SMILES string of the molecule is C#CC[N+]1(CF)CCCCC1.[I-]. The fraction of sp³-hybridized carbons (Fsp3) is 0.778. The van der Waals surface area contributed by atoms with Gasteiger partial charge in [0.1, 0.15) is 6.54 Å². The van der Waals surface area contributed by atoms with Gasteiger partial charge in [-0.3, -0.25) is 4.48 Å². The maximum absolute atomic E-state index is 12.6. The van der Waals surface area contributed by atoms with Crippen LogP contribution in [-0.2, 0) is 0 Å². The number of nitrogens with zero attached hydrogens (tertiary/aromatic N) is 1. The van der Waals surface area contributed by atoms with Gasteiger partial charge in [-0.15, -0.1) is 6.42 Å². The summed E-state index contributed by atoms with van der Waals surface area (Å²) in [5.41, 5.74) is 0. The fourth-order valence-electron chi connectivity index (χ4n) is 1.70. The van der Waals surface area contributed by atoms with Crippen molar-refractivity contribution in [1.82, 2.24) is 0 Å². The van der Waals surface area contributed by atoms with Crippen LogP contribution < -0.4 is 24.0 Å². The van der Waals surface area contributed by atoms with Crippen LogP contribution in [0.1, 0.15) is 19.3 Å². The second-order valence-electron chi connectivity index (χ2n) is 3.33. The summed E-state index contributed by atoms with van der Waals surface area (Å²) >= 11 is 0. The number of rotatable bonds is 2. The van der Waals surface area contributed by atoms with E-state index in [2.05, 4.69) is 5.92 Å². The van der Waals surface area contributed by atoms with Crippen molar-refractivity contribution >= 4 is 0 Å². The van der Waals surface area contributed by atoms with E-state index >= 15 is 0 Å². The Kier molecular flexibility index (Phi) is 5.85. The van der Waals surface area contributed by atoms with E-state index in [1.165, 1.54) is 6.42 Å². The first-order valence-corrected chi connectivity index (χ1v) is 4.17. The van der Waals surface area contributed by atoms with Crippen LogP contribution in [0.5, 0.6) is 0 Å². The van der Waals surface area contributed by atoms with Crippen molar-refractivity contribution in [1.29, 1.82) is 0 Å². The molecule has 70 valence electrons. The van der Waals surface area contributed by atoms with Gasteiger partial charge in [-0.2, -0.15) is 4.39 Å². The van der Waals surface area contributed by atoms with Crippen LogP contribution in [-0.4, -0.2) is 30.9 Å². The predicted octanol–water partition coefficient (Wildman–Crippen LogP) is -1.45. The molecule has 0 bridgehead atoms. The molecule has 3 heteroatoms. The third kappa shape index (κ3) is 2.91. The molecular weight excluding hydrogens is 268 g/mol. The summed E-state index contributed by atoms with van der Waals surface area (Å²) < 4.78 is 13.1. The molecule has 0 spiro atoms. The number of quaternary nitrogens is 1. The molecule has 0 aromatic carbocycles. The molecule has 1 heterocycles. The van der Waals surface area contributed by atoms with E-state index in [1.54, 1.807) is 0 Å². The Morgan fingerprint density at radius 2 is 1.83 bits per heavy atom. The molecule has 0 N–H and O–H groups in total. The highest BCUT2D eigenvalue weighted by Crippen LogP contribution is 2.17. The average molecular weight is 283 g/mol. The van der Waals surface area contributed by atoms with Gasteiger partial charge in [-0.1, -0.05) is 0 Å². The minimum atomic E-state index is -0.288. The van der Waals surface area contributed by atoms with Crippen molar-refractivity contribution in [2.24, 2.45) is 0 Å². The molecule has 0 radical (unpaired) electrons. The van der Waals surface area contributed by atoms with Crippen molar-refractivity contribution in [3.63, 3.8) is 0 Å². The summed E-state index contributed by atoms with van der Waals surface area (Å²) in [6.07, 6.45) is 8.69. The second-order valence-corrected chi connectivity index (χ2v) is 3.33. The van der Waals surface area contributed by atoms with E-state index in [0.29, 0.717) is 11.0 Å². The molecule has 1 rings (SSSR count). The molecular formula is C9H15FIN. The molecule has 12 heavy (non-hydrogen) atoms. The fourth-order valence-corrected chi connectivity index (χ4v) is 1.70. The standard InChI is InChI=1S/C9H15FN.HI/c1-2-6-11(9-10)7-4-3-5-8-11;/h1H,3-9H2;1H/q+1;/p-1. The molecule has 0 saturated carbocycles. The minimum absolute atomic E-state index is 0. The number of piperidine rings is 1. The third-order valence-corrected chi connectivity index (χ3v) is 2.45. The van der Waals surface area contributed by atoms with E-state index in [0.717, 1.165) is 25.9 Å². The van der Waals surface area contributed by atoms with Gasteiger partial charge in [0.2, 0.25) is 6.80 Å². The van der Waals surface area contributed by atoms with Gasteiger partial charge in [-0.05, 0) is 25.2 Å². The Morgan fingerprint density at radius 1 is 1.25 bits per heavy atom. The van der Waals surface area contributed by atoms with Crippen LogP contribution in [0.4, 0.5) is 4.39 Å². The van der Waals surface area contributed by atoms with Crippen LogP contribution in [0.3, 0.4) is 0 Å². The Labute approximate surface area is 90.9 Å². The Bertz CT molecular complexity index is 158. The average Bonchev–Trinajstić information content (AvgIpc) is 2.07. The zero-order chi connectivity index (χ0) is 8.16. The maximum atomic E-state index is 12.6. The van der Waals surface area contributed by atoms with Crippen LogP contribution in [0, 0.1) is 12.3 Å². The quantitative estimate of drug-likeness (QED) is 0.252. The van der Waals surface area contributed by atoms with Crippen LogP contribution in [0.2, 0.25) is 0 Å². The van der Waals surface area contributed by atoms with Crippen molar-refractivity contribution in [3.05, 3.63) is 0 Å². The minimum Gasteiger partial charge on any atom is -1.00 e. The van der Waals surface area contributed by atoms with Gasteiger partial charge in [0.05, 0.1) is 13.1 Å². The van der Waals surface area contributed by atoms with Crippen molar-refractivity contribution < 1.29 is 32.9 Å². The largest absolute Gasteiger partial charge is 1.00 e. The van der Waals surface area contributed by atoms with Gasteiger partial charge >= 0.3 is 0 Å². The zero-order valence-corrected chi connectivity index (χ0v) is 9.39. The van der Waals surface area contributed by atoms with Crippen LogP contribution >= 0.6 is 0 Å². The summed E-state index contributed by atoms with van der Waals surface area (Å²) in [4.78, 5) is 0. The van der Waals surface area contributed by atoms with Crippen molar-refractivity contribution in [2.75, 3.05) is 26.4 Å². The van der Waals surface area contributed by atoms with Crippen LogP contribution in [0.25, 0.3) is 0 Å². The lowest BCUT2D eigenvalue weighted by Gasteiger charge is -2.37. The molecule has 0 unspecified atom stereocenters. The number of terminal acetylenes is 1. The van der Waals surface area contributed by atoms with Gasteiger partial charge < -0.3 is 24.0 Å². The second kappa shape index (κ2) is 5.76. The molecule has 1 nitrogen and oxygen atoms in total. The number of halogens is 2. The number of alkyl halides is 1. The lowest BCUT2D eigenvalue weighted by molar-refractivity contribution is -0.937. The maximum Gasteiger partial charge on any atom is 0.222 e. The van der Waals surface area contributed by atoms with E-state index in [4.69, 9.17) is 6.42 Å². The van der Waals surface area contributed by atoms with Crippen LogP contribution in [0.15, 0.2) is 0 Å². The molecule has 1 aliphatic heterocycles. The van der Waals surface area contributed by atoms with E-state index in [1.807, 2.05) is 0 Å². The number of hydrogen-bond donors (Lipinski definition) is 0. The predicted molar refractivity (Wildman–Crippen MR) is 43.5 cm³/mol. The van der Waals surface area contributed by atoms with E-state index in [-0.39, 0.29) is 30.8 Å². The normalized spacial score (nSPS) is 20.7. The Balaban J connectivity index is 0.00000121. The monoisotopic (exact) mass is 283 g/mol. The highest BCUT2D eigenvalue weighted by molar-refractivity contribution is 4.83. The lowest BCUT2D eigenvalue weighted by atomic mass is 10.1. The lowest BCUT2D eigenvalue weighted by Crippen LogP contribution is -3.00. The highest BCUT2D eigenvalue weighted by Gasteiger charge is 2.28. The molecule has 0 aliphatic carbocycles. The summed E-state index contributed by atoms with van der Waals surface area (Å²) in [5, 5.41) is 0. The van der Waals surface area contributed by atoms with E-state index in [9.17, 15) is 4.39 Å². The summed E-state index contributed by atoms with van der Waals surface area (Å²) in [6.45, 7) is 2.14. The highest BCUT2D eigenvalue weighted by atomic mass is 127. The molecule has 0 atom stereocenters. The Morgan fingerprint density at radius 3 is 2.25 bits per heavy atom. The number of hydrogen-bond acceptors (Lipinski definition) is 0. The summed E-state index contributed by atoms with van der Waals surface area (Å²) in [6, 6.07) is 0. The van der Waals surface area contributed by atoms with Crippen molar-refractivity contribution in [3.8, 4) is 12.3 Å². The third-order valence-electron chi connectivity index (χ3n) is 2.45. The van der Waals surface area contributed by atoms with E-state index < -0.39 is 0 Å². The molecule has 0 amide bonds. The first kappa shape index (κ1) is 12.2. The van der Waals surface area contributed by atoms with Gasteiger partial charge in [-0.25, -0.2) is 0 Å². The Hall–Kier alpha value is 0.180. The molecule has 0 aromatic rings. The summed E-state index contributed by atoms with van der Waals surface area (Å²) in [5.74, 6) is 2.56. The van der Waals surface area contributed by atoms with Crippen molar-refractivity contribution in [2.45, 2.75) is 19.3 Å². The zero-order valence-electron chi connectivity index (χ0n) is 7.23. The first-order valence-electron chi connectivity index (χ1n) is 4.17.